The van der Waals surface area contributed by atoms with Crippen LogP contribution in [-0.4, -0.2) is 30.9 Å². The number of para-hydroxylation sites is 1. The van der Waals surface area contributed by atoms with Gasteiger partial charge in [0, 0.05) is 4.47 Å². The number of halogens is 1. The monoisotopic (exact) mass is 419 g/mol. The zero-order valence-corrected chi connectivity index (χ0v) is 15.6. The summed E-state index contributed by atoms with van der Waals surface area (Å²) in [5, 5.41) is 5.12. The summed E-state index contributed by atoms with van der Waals surface area (Å²) in [6.45, 7) is 1.27. The highest BCUT2D eigenvalue weighted by molar-refractivity contribution is 9.10. The zero-order valence-electron chi connectivity index (χ0n) is 14.0. The van der Waals surface area contributed by atoms with Gasteiger partial charge in [0.1, 0.15) is 5.75 Å². The number of nitrogens with two attached hydrogens (primary N) is 1. The predicted molar refractivity (Wildman–Crippen MR) is 101 cm³/mol. The Bertz CT molecular complexity index is 839. The van der Waals surface area contributed by atoms with Crippen LogP contribution in [0.15, 0.2) is 46.9 Å². The van der Waals surface area contributed by atoms with Crippen LogP contribution in [0.2, 0.25) is 0 Å². The van der Waals surface area contributed by atoms with Crippen molar-refractivity contribution in [2.24, 2.45) is 5.73 Å². The van der Waals surface area contributed by atoms with E-state index in [1.54, 1.807) is 30.3 Å². The molecule has 2 rings (SSSR count). The van der Waals surface area contributed by atoms with E-state index in [2.05, 4.69) is 26.6 Å². The topological polar surface area (TPSA) is 111 Å². The van der Waals surface area contributed by atoms with Gasteiger partial charge in [0.15, 0.2) is 6.61 Å². The van der Waals surface area contributed by atoms with E-state index in [-0.39, 0.29) is 30.4 Å². The molecule has 8 heteroatoms. The molecule has 0 heterocycles. The molecule has 0 fully saturated rings. The lowest BCUT2D eigenvalue weighted by atomic mass is 10.1. The van der Waals surface area contributed by atoms with E-state index in [1.165, 1.54) is 6.07 Å². The van der Waals surface area contributed by atoms with Gasteiger partial charge in [-0.1, -0.05) is 18.2 Å². The molecule has 2 aromatic rings. The van der Waals surface area contributed by atoms with Crippen LogP contribution < -0.4 is 21.1 Å². The van der Waals surface area contributed by atoms with Crippen LogP contribution in [0.4, 0.5) is 5.69 Å². The smallest absolute Gasteiger partial charge is 0.258 e. The first-order valence-electron chi connectivity index (χ1n) is 7.71. The number of anilines is 1. The van der Waals surface area contributed by atoms with Crippen molar-refractivity contribution in [3.05, 3.63) is 58.1 Å². The Kier molecular flexibility index (Phi) is 6.74. The highest BCUT2D eigenvalue weighted by atomic mass is 79.9. The number of hydrogen-bond acceptors (Lipinski definition) is 4. The average Bonchev–Trinajstić information content (AvgIpc) is 2.60. The molecule has 136 valence electrons. The third-order valence-corrected chi connectivity index (χ3v) is 4.05. The van der Waals surface area contributed by atoms with Crippen LogP contribution in [0.1, 0.15) is 15.9 Å². The van der Waals surface area contributed by atoms with Crippen LogP contribution in [0.3, 0.4) is 0 Å². The molecule has 0 aliphatic heterocycles. The fourth-order valence-electron chi connectivity index (χ4n) is 2.08. The van der Waals surface area contributed by atoms with Gasteiger partial charge in [-0.15, -0.1) is 0 Å². The first-order valence-corrected chi connectivity index (χ1v) is 8.50. The van der Waals surface area contributed by atoms with Gasteiger partial charge >= 0.3 is 0 Å². The highest BCUT2D eigenvalue weighted by Gasteiger charge is 2.12. The normalized spacial score (nSPS) is 10.1. The van der Waals surface area contributed by atoms with Crippen molar-refractivity contribution >= 4 is 39.3 Å². The Morgan fingerprint density at radius 2 is 1.85 bits per heavy atom. The molecule has 0 bridgehead atoms. The third kappa shape index (κ3) is 5.59. The maximum absolute atomic E-state index is 11.9. The molecule has 2 aromatic carbocycles. The van der Waals surface area contributed by atoms with E-state index < -0.39 is 11.8 Å². The molecular formula is C18H18BrN3O4. The Balaban J connectivity index is 1.84. The van der Waals surface area contributed by atoms with Crippen molar-refractivity contribution in [3.8, 4) is 5.75 Å². The van der Waals surface area contributed by atoms with Gasteiger partial charge in [-0.3, -0.25) is 14.4 Å². The van der Waals surface area contributed by atoms with Crippen LogP contribution in [0.25, 0.3) is 0 Å². The summed E-state index contributed by atoms with van der Waals surface area (Å²) in [4.78, 5) is 35.1. The Morgan fingerprint density at radius 1 is 1.12 bits per heavy atom. The predicted octanol–water partition coefficient (Wildman–Crippen LogP) is 1.99. The number of primary amides is 1. The molecule has 7 nitrogen and oxygen atoms in total. The van der Waals surface area contributed by atoms with Crippen molar-refractivity contribution in [2.75, 3.05) is 18.5 Å². The Morgan fingerprint density at radius 3 is 2.54 bits per heavy atom. The second-order valence-corrected chi connectivity index (χ2v) is 6.31. The lowest BCUT2D eigenvalue weighted by Crippen LogP contribution is -2.36. The van der Waals surface area contributed by atoms with Crippen molar-refractivity contribution in [1.82, 2.24) is 5.32 Å². The summed E-state index contributed by atoms with van der Waals surface area (Å²) >= 11 is 3.32. The van der Waals surface area contributed by atoms with Gasteiger partial charge in [-0.25, -0.2) is 0 Å². The quantitative estimate of drug-likeness (QED) is 0.636. The number of aryl methyl sites for hydroxylation is 1. The van der Waals surface area contributed by atoms with Gasteiger partial charge in [-0.2, -0.15) is 0 Å². The summed E-state index contributed by atoms with van der Waals surface area (Å²) < 4.78 is 6.10. The summed E-state index contributed by atoms with van der Waals surface area (Å²) in [5.74, 6) is -1.29. The number of hydrogen-bond donors (Lipinski definition) is 3. The van der Waals surface area contributed by atoms with Gasteiger partial charge in [0.05, 0.1) is 17.8 Å². The van der Waals surface area contributed by atoms with Crippen molar-refractivity contribution in [2.45, 2.75) is 6.92 Å². The highest BCUT2D eigenvalue weighted by Crippen LogP contribution is 2.21. The lowest BCUT2D eigenvalue weighted by Gasteiger charge is -2.11. The Hall–Kier alpha value is -2.87. The van der Waals surface area contributed by atoms with Crippen LogP contribution in [0, 0.1) is 6.92 Å². The molecular weight excluding hydrogens is 402 g/mol. The molecule has 0 saturated carbocycles. The zero-order chi connectivity index (χ0) is 19.1. The standard InChI is InChI=1S/C18H18BrN3O4/c1-11-6-7-12(18(20)25)15(8-11)26-10-17(24)21-9-16(23)22-14-5-3-2-4-13(14)19/h2-8H,9-10H2,1H3,(H2,20,25)(H,21,24)(H,22,23). The molecule has 0 aromatic heterocycles. The summed E-state index contributed by atoms with van der Waals surface area (Å²) in [7, 11) is 0. The second-order valence-electron chi connectivity index (χ2n) is 5.46. The van der Waals surface area contributed by atoms with Crippen molar-refractivity contribution < 1.29 is 19.1 Å². The van der Waals surface area contributed by atoms with E-state index in [0.717, 1.165) is 10.0 Å². The molecule has 0 aliphatic rings. The summed E-state index contributed by atoms with van der Waals surface area (Å²) in [5.41, 5.74) is 6.93. The van der Waals surface area contributed by atoms with Gasteiger partial charge in [0.25, 0.3) is 11.8 Å². The van der Waals surface area contributed by atoms with E-state index in [0.29, 0.717) is 5.69 Å². The SMILES string of the molecule is Cc1ccc(C(N)=O)c(OCC(=O)NCC(=O)Nc2ccccc2Br)c1. The van der Waals surface area contributed by atoms with E-state index in [9.17, 15) is 14.4 Å². The fourth-order valence-corrected chi connectivity index (χ4v) is 2.47. The van der Waals surface area contributed by atoms with Gasteiger partial charge in [0.2, 0.25) is 5.91 Å². The maximum Gasteiger partial charge on any atom is 0.258 e. The maximum atomic E-state index is 11.9. The fraction of sp³-hybridized carbons (Fsp3) is 0.167. The lowest BCUT2D eigenvalue weighted by molar-refractivity contribution is -0.125. The molecule has 0 unspecified atom stereocenters. The number of amides is 3. The van der Waals surface area contributed by atoms with E-state index in [1.807, 2.05) is 13.0 Å². The number of ether oxygens (including phenoxy) is 1. The Labute approximate surface area is 159 Å². The first kappa shape index (κ1) is 19.5. The number of carbonyl (C=O) groups excluding carboxylic acids is 3. The average molecular weight is 420 g/mol. The molecule has 0 saturated heterocycles. The minimum atomic E-state index is -0.645. The minimum Gasteiger partial charge on any atom is -0.483 e. The van der Waals surface area contributed by atoms with E-state index in [4.69, 9.17) is 10.5 Å². The van der Waals surface area contributed by atoms with E-state index >= 15 is 0 Å². The van der Waals surface area contributed by atoms with Crippen LogP contribution in [0.5, 0.6) is 5.75 Å². The van der Waals surface area contributed by atoms with Crippen LogP contribution in [-0.2, 0) is 9.59 Å². The first-order chi connectivity index (χ1) is 12.4. The molecule has 0 atom stereocenters. The molecule has 0 radical (unpaired) electrons. The number of carbonyl (C=O) groups is 3. The molecule has 0 aliphatic carbocycles. The summed E-state index contributed by atoms with van der Waals surface area (Å²) in [6.07, 6.45) is 0. The molecule has 4 N–H and O–H groups in total. The van der Waals surface area contributed by atoms with Crippen LogP contribution >= 0.6 is 15.9 Å². The summed E-state index contributed by atoms with van der Waals surface area (Å²) in [6, 6.07) is 12.0. The second kappa shape index (κ2) is 9.00. The van der Waals surface area contributed by atoms with Gasteiger partial charge in [-0.05, 0) is 52.7 Å². The molecule has 3 amide bonds. The molecule has 26 heavy (non-hydrogen) atoms. The number of nitrogens with one attached hydrogen (secondary N) is 2. The number of benzene rings is 2. The van der Waals surface area contributed by atoms with Gasteiger partial charge < -0.3 is 21.1 Å². The van der Waals surface area contributed by atoms with Crippen molar-refractivity contribution in [1.29, 1.82) is 0 Å². The minimum absolute atomic E-state index is 0.190. The third-order valence-electron chi connectivity index (χ3n) is 3.36. The largest absolute Gasteiger partial charge is 0.483 e. The van der Waals surface area contributed by atoms with Crippen molar-refractivity contribution in [3.63, 3.8) is 0 Å². The molecule has 0 spiro atoms. The number of rotatable bonds is 7.